The minimum atomic E-state index is -1.12. The highest BCUT2D eigenvalue weighted by atomic mass is 16.5. The van der Waals surface area contributed by atoms with Crippen LogP contribution in [-0.2, 0) is 14.9 Å². The lowest BCUT2D eigenvalue weighted by Gasteiger charge is -2.22. The van der Waals surface area contributed by atoms with E-state index in [1.807, 2.05) is 24.3 Å². The number of furan rings is 1. The van der Waals surface area contributed by atoms with Crippen molar-refractivity contribution < 1.29 is 23.8 Å². The number of hydrogen-bond donors (Lipinski definition) is 2. The molecule has 0 aliphatic carbocycles. The maximum absolute atomic E-state index is 11.4. The van der Waals surface area contributed by atoms with E-state index in [4.69, 9.17) is 14.3 Å². The average molecular weight is 371 g/mol. The molecule has 1 aromatic carbocycles. The molecule has 6 nitrogen and oxygen atoms in total. The van der Waals surface area contributed by atoms with Crippen LogP contribution in [0.2, 0.25) is 0 Å². The summed E-state index contributed by atoms with van der Waals surface area (Å²) < 4.78 is 11.5. The number of nitrogens with one attached hydrogen (secondary N) is 1. The molecule has 2 atom stereocenters. The highest BCUT2D eigenvalue weighted by Gasteiger charge is 2.26. The van der Waals surface area contributed by atoms with E-state index in [0.29, 0.717) is 18.8 Å². The van der Waals surface area contributed by atoms with Crippen LogP contribution in [0.15, 0.2) is 40.8 Å². The number of hydrogen-bond acceptors (Lipinski definition) is 4. The molecule has 1 aliphatic rings. The van der Waals surface area contributed by atoms with E-state index in [9.17, 15) is 9.59 Å². The highest BCUT2D eigenvalue weighted by molar-refractivity contribution is 5.84. The van der Waals surface area contributed by atoms with Gasteiger partial charge in [-0.25, -0.2) is 4.79 Å². The van der Waals surface area contributed by atoms with Crippen molar-refractivity contribution in [3.63, 3.8) is 0 Å². The third-order valence-electron chi connectivity index (χ3n) is 4.72. The Morgan fingerprint density at radius 1 is 1.26 bits per heavy atom. The Morgan fingerprint density at radius 2 is 1.96 bits per heavy atom. The number of carboxylic acids is 1. The van der Waals surface area contributed by atoms with Gasteiger partial charge in [0.2, 0.25) is 11.7 Å². The van der Waals surface area contributed by atoms with E-state index in [-0.39, 0.29) is 23.1 Å². The number of benzene rings is 1. The number of amides is 1. The van der Waals surface area contributed by atoms with E-state index in [0.717, 1.165) is 12.0 Å². The van der Waals surface area contributed by atoms with Crippen molar-refractivity contribution in [3.8, 4) is 0 Å². The predicted octanol–water partition coefficient (Wildman–Crippen LogP) is 3.66. The van der Waals surface area contributed by atoms with Crippen LogP contribution < -0.4 is 5.32 Å². The fraction of sp³-hybridized carbons (Fsp3) is 0.429. The Labute approximate surface area is 158 Å². The first kappa shape index (κ1) is 19.2. The average Bonchev–Trinajstić information content (AvgIpc) is 3.24. The van der Waals surface area contributed by atoms with Crippen molar-refractivity contribution in [2.24, 2.45) is 0 Å². The van der Waals surface area contributed by atoms with Crippen molar-refractivity contribution in [1.29, 1.82) is 0 Å². The normalized spacial score (nSPS) is 18.3. The van der Waals surface area contributed by atoms with Crippen LogP contribution in [0.25, 0.3) is 0 Å². The molecule has 1 aliphatic heterocycles. The molecule has 1 amide bonds. The van der Waals surface area contributed by atoms with E-state index in [2.05, 4.69) is 26.1 Å². The number of rotatable bonds is 6. The molecule has 1 fully saturated rings. The monoisotopic (exact) mass is 371 g/mol. The molecule has 144 valence electrons. The molecular formula is C21H25NO5. The number of carbonyl (C=O) groups excluding carboxylic acids is 1. The Bertz CT molecular complexity index is 816. The molecule has 2 aromatic rings. The minimum Gasteiger partial charge on any atom is -0.475 e. The van der Waals surface area contributed by atoms with Crippen LogP contribution >= 0.6 is 0 Å². The first-order chi connectivity index (χ1) is 12.7. The van der Waals surface area contributed by atoms with E-state index < -0.39 is 12.1 Å². The second-order valence-corrected chi connectivity index (χ2v) is 7.90. The fourth-order valence-electron chi connectivity index (χ4n) is 3.12. The molecule has 1 aromatic heterocycles. The van der Waals surface area contributed by atoms with Gasteiger partial charge < -0.3 is 19.6 Å². The van der Waals surface area contributed by atoms with Gasteiger partial charge in [-0.3, -0.25) is 4.79 Å². The molecule has 2 heterocycles. The molecule has 27 heavy (non-hydrogen) atoms. The van der Waals surface area contributed by atoms with Crippen LogP contribution in [0.5, 0.6) is 0 Å². The van der Waals surface area contributed by atoms with Gasteiger partial charge in [-0.05, 0) is 35.1 Å². The van der Waals surface area contributed by atoms with Gasteiger partial charge in [-0.1, -0.05) is 45.0 Å². The quantitative estimate of drug-likeness (QED) is 0.809. The number of aromatic carboxylic acids is 1. The van der Waals surface area contributed by atoms with Gasteiger partial charge >= 0.3 is 5.97 Å². The Morgan fingerprint density at radius 3 is 2.48 bits per heavy atom. The van der Waals surface area contributed by atoms with Gasteiger partial charge in [-0.15, -0.1) is 0 Å². The zero-order chi connectivity index (χ0) is 19.6. The molecule has 1 saturated heterocycles. The summed E-state index contributed by atoms with van der Waals surface area (Å²) in [6.45, 7) is 6.76. The summed E-state index contributed by atoms with van der Waals surface area (Å²) in [6.07, 6.45) is 0.695. The maximum Gasteiger partial charge on any atom is 0.371 e. The Hall–Kier alpha value is -2.60. The van der Waals surface area contributed by atoms with Crippen molar-refractivity contribution >= 4 is 11.9 Å². The lowest BCUT2D eigenvalue weighted by atomic mass is 9.86. The largest absolute Gasteiger partial charge is 0.475 e. The predicted molar refractivity (Wildman–Crippen MR) is 99.8 cm³/mol. The van der Waals surface area contributed by atoms with Gasteiger partial charge in [-0.2, -0.15) is 0 Å². The molecule has 0 radical (unpaired) electrons. The lowest BCUT2D eigenvalue weighted by molar-refractivity contribution is -0.119. The smallest absolute Gasteiger partial charge is 0.371 e. The number of ether oxygens (including phenoxy) is 1. The Balaban J connectivity index is 1.84. The summed E-state index contributed by atoms with van der Waals surface area (Å²) in [5, 5.41) is 12.0. The van der Waals surface area contributed by atoms with Crippen molar-refractivity contribution in [1.82, 2.24) is 5.32 Å². The summed E-state index contributed by atoms with van der Waals surface area (Å²) in [5.41, 5.74) is 2.10. The summed E-state index contributed by atoms with van der Waals surface area (Å²) in [4.78, 5) is 22.5. The molecule has 0 saturated carbocycles. The van der Waals surface area contributed by atoms with Crippen molar-refractivity contribution in [2.75, 3.05) is 6.61 Å². The summed E-state index contributed by atoms with van der Waals surface area (Å²) in [7, 11) is 0. The van der Waals surface area contributed by atoms with Gasteiger partial charge in [0.15, 0.2) is 0 Å². The zero-order valence-electron chi connectivity index (χ0n) is 15.8. The molecule has 2 N–H and O–H groups in total. The van der Waals surface area contributed by atoms with Gasteiger partial charge in [0.25, 0.3) is 0 Å². The third-order valence-corrected chi connectivity index (χ3v) is 4.72. The molecule has 3 rings (SSSR count). The molecule has 2 unspecified atom stereocenters. The molecule has 6 heteroatoms. The van der Waals surface area contributed by atoms with Crippen LogP contribution in [0, 0.1) is 0 Å². The zero-order valence-corrected chi connectivity index (χ0v) is 15.8. The standard InChI is InChI=1S/C21H25NO5/c1-21(2,3)14-6-4-13(5-7-14)19(16-9-10-17(27-16)20(24)25)26-12-15-8-11-18(23)22-15/h4-7,9-10,15,19H,8,11-12H2,1-3H3,(H,22,23)(H,24,25). The summed E-state index contributed by atoms with van der Waals surface area (Å²) in [5.74, 6) is -0.786. The minimum absolute atomic E-state index is 0.0286. The third kappa shape index (κ3) is 4.57. The molecule has 0 spiro atoms. The van der Waals surface area contributed by atoms with E-state index in [1.54, 1.807) is 6.07 Å². The van der Waals surface area contributed by atoms with Crippen LogP contribution in [-0.4, -0.2) is 29.6 Å². The molecule has 0 bridgehead atoms. The second kappa shape index (κ2) is 7.56. The fourth-order valence-corrected chi connectivity index (χ4v) is 3.12. The van der Waals surface area contributed by atoms with Crippen molar-refractivity contribution in [2.45, 2.75) is 51.2 Å². The summed E-state index contributed by atoms with van der Waals surface area (Å²) in [6, 6.07) is 11.0. The van der Waals surface area contributed by atoms with Crippen LogP contribution in [0.3, 0.4) is 0 Å². The summed E-state index contributed by atoms with van der Waals surface area (Å²) >= 11 is 0. The van der Waals surface area contributed by atoms with Crippen LogP contribution in [0.4, 0.5) is 0 Å². The lowest BCUT2D eigenvalue weighted by Crippen LogP contribution is -2.30. The van der Waals surface area contributed by atoms with Crippen molar-refractivity contribution in [3.05, 3.63) is 59.0 Å². The topological polar surface area (TPSA) is 88.8 Å². The highest BCUT2D eigenvalue weighted by Crippen LogP contribution is 2.31. The van der Waals surface area contributed by atoms with Gasteiger partial charge in [0.1, 0.15) is 11.9 Å². The first-order valence-corrected chi connectivity index (χ1v) is 9.08. The molecular weight excluding hydrogens is 346 g/mol. The van der Waals surface area contributed by atoms with E-state index in [1.165, 1.54) is 11.6 Å². The van der Waals surface area contributed by atoms with Crippen LogP contribution in [0.1, 0.15) is 67.2 Å². The van der Waals surface area contributed by atoms with E-state index >= 15 is 0 Å². The maximum atomic E-state index is 11.4. The van der Waals surface area contributed by atoms with Gasteiger partial charge in [0.05, 0.1) is 12.6 Å². The van der Waals surface area contributed by atoms with Gasteiger partial charge in [0, 0.05) is 6.42 Å². The number of carboxylic acid groups (broad SMARTS) is 1. The SMILES string of the molecule is CC(C)(C)c1ccc(C(OCC2CCC(=O)N2)c2ccc(C(=O)O)o2)cc1. The Kier molecular flexibility index (Phi) is 5.37. The first-order valence-electron chi connectivity index (χ1n) is 9.08. The second-order valence-electron chi connectivity index (χ2n) is 7.90. The number of carbonyl (C=O) groups is 2.